The molecule has 0 aromatic rings. The molecule has 5 heteroatoms. The Kier molecular flexibility index (Phi) is 5.67. The van der Waals surface area contributed by atoms with E-state index in [4.69, 9.17) is 9.63 Å². The van der Waals surface area contributed by atoms with Gasteiger partial charge in [0.2, 0.25) is 8.03 Å². The fraction of sp³-hybridized carbons (Fsp3) is 0.625. The number of hydrogen-bond donors (Lipinski definition) is 1. The first-order valence-corrected chi connectivity index (χ1v) is 5.51. The summed E-state index contributed by atoms with van der Waals surface area (Å²) in [4.78, 5) is 19.8. The quantitative estimate of drug-likeness (QED) is 0.422. The molecule has 0 radical (unpaired) electrons. The molecule has 0 saturated carbocycles. The Morgan fingerprint density at radius 3 is 2.54 bits per heavy atom. The molecular formula is C8H15O4P. The van der Waals surface area contributed by atoms with Gasteiger partial charge in [0.1, 0.15) is 0 Å². The first-order valence-electron chi connectivity index (χ1n) is 4.08. The normalized spacial score (nSPS) is 14.7. The van der Waals surface area contributed by atoms with E-state index < -0.39 is 19.8 Å². The average Bonchev–Trinajstić information content (AvgIpc) is 2.03. The molecule has 1 N–H and O–H groups in total. The van der Waals surface area contributed by atoms with Crippen molar-refractivity contribution < 1.29 is 19.0 Å². The minimum atomic E-state index is -2.80. The van der Waals surface area contributed by atoms with Crippen LogP contribution in [0.1, 0.15) is 26.7 Å². The third-order valence-corrected chi connectivity index (χ3v) is 2.38. The Morgan fingerprint density at radius 2 is 2.23 bits per heavy atom. The molecule has 4 nitrogen and oxygen atoms in total. The van der Waals surface area contributed by atoms with Crippen LogP contribution in [-0.4, -0.2) is 16.7 Å². The zero-order valence-corrected chi connectivity index (χ0v) is 8.87. The van der Waals surface area contributed by atoms with Crippen molar-refractivity contribution in [1.82, 2.24) is 0 Å². The third kappa shape index (κ3) is 4.86. The molecule has 76 valence electrons. The van der Waals surface area contributed by atoms with Crippen molar-refractivity contribution >= 4 is 14.0 Å². The second-order valence-corrected chi connectivity index (χ2v) is 4.12. The zero-order valence-electron chi connectivity index (χ0n) is 7.87. The highest BCUT2D eigenvalue weighted by Gasteiger charge is 2.18. The summed E-state index contributed by atoms with van der Waals surface area (Å²) < 4.78 is 15.5. The van der Waals surface area contributed by atoms with Crippen molar-refractivity contribution in [3.05, 3.63) is 12.2 Å². The summed E-state index contributed by atoms with van der Waals surface area (Å²) in [6, 6.07) is 0. The van der Waals surface area contributed by atoms with E-state index in [1.165, 1.54) is 6.92 Å². The van der Waals surface area contributed by atoms with Crippen molar-refractivity contribution in [3.63, 3.8) is 0 Å². The van der Waals surface area contributed by atoms with Crippen molar-refractivity contribution in [2.24, 2.45) is 0 Å². The lowest BCUT2D eigenvalue weighted by Crippen LogP contribution is -2.14. The van der Waals surface area contributed by atoms with E-state index in [0.717, 1.165) is 0 Å². The van der Waals surface area contributed by atoms with E-state index >= 15 is 0 Å². The molecular weight excluding hydrogens is 191 g/mol. The highest BCUT2D eigenvalue weighted by atomic mass is 31.1. The minimum Gasteiger partial charge on any atom is -0.449 e. The van der Waals surface area contributed by atoms with E-state index in [2.05, 4.69) is 6.58 Å². The van der Waals surface area contributed by atoms with Crippen LogP contribution in [-0.2, 0) is 14.1 Å². The van der Waals surface area contributed by atoms with E-state index in [-0.39, 0.29) is 5.57 Å². The van der Waals surface area contributed by atoms with Gasteiger partial charge in [0.15, 0.2) is 5.85 Å². The predicted molar refractivity (Wildman–Crippen MR) is 50.8 cm³/mol. The lowest BCUT2D eigenvalue weighted by atomic mass is 10.3. The van der Waals surface area contributed by atoms with Gasteiger partial charge in [0.05, 0.1) is 0 Å². The summed E-state index contributed by atoms with van der Waals surface area (Å²) in [5.41, 5.74) is 0.240. The lowest BCUT2D eigenvalue weighted by Gasteiger charge is -2.13. The van der Waals surface area contributed by atoms with Gasteiger partial charge >= 0.3 is 5.97 Å². The molecule has 0 aliphatic carbocycles. The van der Waals surface area contributed by atoms with Crippen LogP contribution in [0.25, 0.3) is 0 Å². The van der Waals surface area contributed by atoms with Crippen LogP contribution in [0.15, 0.2) is 12.2 Å². The fourth-order valence-electron chi connectivity index (χ4n) is 0.725. The first-order chi connectivity index (χ1) is 5.99. The van der Waals surface area contributed by atoms with Gasteiger partial charge < -0.3 is 9.63 Å². The van der Waals surface area contributed by atoms with E-state index in [0.29, 0.717) is 12.8 Å². The number of ether oxygens (including phenoxy) is 1. The number of hydrogen-bond acceptors (Lipinski definition) is 3. The molecule has 2 unspecified atom stereocenters. The lowest BCUT2D eigenvalue weighted by molar-refractivity contribution is -0.141. The Hall–Kier alpha value is -0.600. The summed E-state index contributed by atoms with van der Waals surface area (Å²) in [7, 11) is -2.80. The van der Waals surface area contributed by atoms with E-state index in [1.807, 2.05) is 6.92 Å². The van der Waals surface area contributed by atoms with Crippen molar-refractivity contribution in [2.75, 3.05) is 0 Å². The molecule has 0 aromatic heterocycles. The van der Waals surface area contributed by atoms with Gasteiger partial charge in [-0.25, -0.2) is 4.79 Å². The van der Waals surface area contributed by atoms with Crippen molar-refractivity contribution in [3.8, 4) is 0 Å². The highest BCUT2D eigenvalue weighted by Crippen LogP contribution is 2.27. The van der Waals surface area contributed by atoms with Crippen LogP contribution in [0.2, 0.25) is 0 Å². The van der Waals surface area contributed by atoms with Crippen LogP contribution in [0.4, 0.5) is 0 Å². The van der Waals surface area contributed by atoms with Crippen LogP contribution in [0.5, 0.6) is 0 Å². The van der Waals surface area contributed by atoms with Gasteiger partial charge in [-0.15, -0.1) is 0 Å². The van der Waals surface area contributed by atoms with Gasteiger partial charge in [-0.2, -0.15) is 0 Å². The Balaban J connectivity index is 4.17. The zero-order chi connectivity index (χ0) is 10.4. The molecule has 13 heavy (non-hydrogen) atoms. The molecule has 2 atom stereocenters. The molecule has 0 aliphatic heterocycles. The molecule has 0 bridgehead atoms. The molecule has 0 heterocycles. The van der Waals surface area contributed by atoms with Crippen LogP contribution in [0.3, 0.4) is 0 Å². The Labute approximate surface area is 78.5 Å². The SMILES string of the molecule is C=C(C)C(=O)OC(CCC)[PH](=O)O. The molecule has 0 spiro atoms. The minimum absolute atomic E-state index is 0.240. The summed E-state index contributed by atoms with van der Waals surface area (Å²) >= 11 is 0. The maximum absolute atomic E-state index is 11.0. The van der Waals surface area contributed by atoms with E-state index in [1.54, 1.807) is 0 Å². The summed E-state index contributed by atoms with van der Waals surface area (Å²) in [5, 5.41) is 0. The van der Waals surface area contributed by atoms with Crippen LogP contribution in [0, 0.1) is 0 Å². The van der Waals surface area contributed by atoms with Gasteiger partial charge in [-0.3, -0.25) is 4.57 Å². The number of rotatable bonds is 5. The predicted octanol–water partition coefficient (Wildman–Crippen LogP) is 1.70. The Morgan fingerprint density at radius 1 is 1.69 bits per heavy atom. The van der Waals surface area contributed by atoms with Gasteiger partial charge in [0, 0.05) is 5.57 Å². The fourth-order valence-corrected chi connectivity index (χ4v) is 1.47. The highest BCUT2D eigenvalue weighted by molar-refractivity contribution is 7.38. The third-order valence-electron chi connectivity index (χ3n) is 1.42. The van der Waals surface area contributed by atoms with E-state index in [9.17, 15) is 9.36 Å². The van der Waals surface area contributed by atoms with Crippen LogP contribution < -0.4 is 0 Å². The number of carbonyl (C=O) groups is 1. The molecule has 0 aliphatic rings. The topological polar surface area (TPSA) is 63.6 Å². The number of carbonyl (C=O) groups excluding carboxylic acids is 1. The maximum atomic E-state index is 11.0. The monoisotopic (exact) mass is 206 g/mol. The first kappa shape index (κ1) is 12.4. The largest absolute Gasteiger partial charge is 0.449 e. The molecule has 0 amide bonds. The average molecular weight is 206 g/mol. The van der Waals surface area contributed by atoms with Gasteiger partial charge in [-0.05, 0) is 13.3 Å². The van der Waals surface area contributed by atoms with Gasteiger partial charge in [0.25, 0.3) is 0 Å². The maximum Gasteiger partial charge on any atom is 0.333 e. The Bertz CT molecular complexity index is 224. The molecule has 0 rings (SSSR count). The smallest absolute Gasteiger partial charge is 0.333 e. The number of esters is 1. The molecule has 0 fully saturated rings. The second-order valence-electron chi connectivity index (χ2n) is 2.80. The molecule has 0 aromatic carbocycles. The standard InChI is InChI=1S/C8H15O4P/c1-4-5-7(13(10)11)12-8(9)6(2)3/h7,13H,2,4-5H2,1,3H3,(H,10,11). The van der Waals surface area contributed by atoms with Crippen LogP contribution >= 0.6 is 8.03 Å². The summed E-state index contributed by atoms with van der Waals surface area (Å²) in [5.74, 6) is -1.47. The van der Waals surface area contributed by atoms with Crippen molar-refractivity contribution in [1.29, 1.82) is 0 Å². The molecule has 0 saturated heterocycles. The van der Waals surface area contributed by atoms with Crippen molar-refractivity contribution in [2.45, 2.75) is 32.5 Å². The van der Waals surface area contributed by atoms with Gasteiger partial charge in [-0.1, -0.05) is 19.9 Å². The second kappa shape index (κ2) is 5.95. The summed E-state index contributed by atoms with van der Waals surface area (Å²) in [6.45, 7) is 6.73. The summed E-state index contributed by atoms with van der Waals surface area (Å²) in [6.07, 6.45) is 1.11.